The Morgan fingerprint density at radius 2 is 2.05 bits per heavy atom. The van der Waals surface area contributed by atoms with E-state index in [1.165, 1.54) is 18.0 Å². The van der Waals surface area contributed by atoms with E-state index in [1.807, 2.05) is 24.3 Å². The molecule has 0 saturated heterocycles. The highest BCUT2D eigenvalue weighted by Crippen LogP contribution is 2.14. The van der Waals surface area contributed by atoms with Gasteiger partial charge in [-0.15, -0.1) is 0 Å². The Bertz CT molecular complexity index is 567. The molecule has 1 aromatic heterocycles. The van der Waals surface area contributed by atoms with E-state index in [2.05, 4.69) is 16.9 Å². The molecule has 0 bridgehead atoms. The third-order valence-electron chi connectivity index (χ3n) is 2.63. The number of aromatic carboxylic acids is 1. The molecule has 0 radical (unpaired) electrons. The normalized spacial score (nSPS) is 10.2. The van der Waals surface area contributed by atoms with Gasteiger partial charge in [0.1, 0.15) is 12.4 Å². The summed E-state index contributed by atoms with van der Waals surface area (Å²) in [5.74, 6) is 0.167. The topological polar surface area (TPSA) is 72.3 Å². The lowest BCUT2D eigenvalue weighted by molar-refractivity contribution is 0.0695. The summed E-state index contributed by atoms with van der Waals surface area (Å²) >= 11 is 0. The summed E-state index contributed by atoms with van der Waals surface area (Å²) in [5.41, 5.74) is 1.26. The van der Waals surface area contributed by atoms with Gasteiger partial charge in [-0.3, -0.25) is 0 Å². The molecule has 1 heterocycles. The summed E-state index contributed by atoms with van der Waals surface area (Å²) in [7, 11) is 0. The summed E-state index contributed by atoms with van der Waals surface area (Å²) in [6.45, 7) is 2.29. The first-order valence-corrected chi connectivity index (χ1v) is 5.95. The maximum Gasteiger partial charge on any atom is 0.338 e. The molecule has 1 N–H and O–H groups in total. The molecule has 0 aliphatic rings. The molecule has 0 atom stereocenters. The predicted octanol–water partition coefficient (Wildman–Crippen LogP) is 2.32. The van der Waals surface area contributed by atoms with Crippen molar-refractivity contribution >= 4 is 5.97 Å². The Morgan fingerprint density at radius 1 is 1.32 bits per heavy atom. The largest absolute Gasteiger partial charge is 0.486 e. The number of benzene rings is 1. The van der Waals surface area contributed by atoms with Crippen LogP contribution in [0.2, 0.25) is 0 Å². The van der Waals surface area contributed by atoms with Crippen molar-refractivity contribution < 1.29 is 14.6 Å². The van der Waals surface area contributed by atoms with E-state index < -0.39 is 5.97 Å². The van der Waals surface area contributed by atoms with Crippen LogP contribution in [0.25, 0.3) is 0 Å². The van der Waals surface area contributed by atoms with Crippen molar-refractivity contribution in [2.75, 3.05) is 0 Å². The average molecular weight is 258 g/mol. The number of aromatic nitrogens is 2. The lowest BCUT2D eigenvalue weighted by Gasteiger charge is -2.06. The van der Waals surface area contributed by atoms with Gasteiger partial charge in [0.25, 0.3) is 0 Å². The highest BCUT2D eigenvalue weighted by molar-refractivity contribution is 5.86. The lowest BCUT2D eigenvalue weighted by atomic mass is 10.2. The molecule has 98 valence electrons. The van der Waals surface area contributed by atoms with Gasteiger partial charge in [0.2, 0.25) is 0 Å². The number of rotatable bonds is 5. The second kappa shape index (κ2) is 5.95. The Labute approximate surface area is 110 Å². The minimum absolute atomic E-state index is 0.0664. The molecule has 2 aromatic rings. The predicted molar refractivity (Wildman–Crippen MR) is 69.1 cm³/mol. The van der Waals surface area contributed by atoms with Crippen LogP contribution in [0.5, 0.6) is 5.75 Å². The maximum absolute atomic E-state index is 10.7. The molecule has 0 fully saturated rings. The number of hydrogen-bond donors (Lipinski definition) is 1. The van der Waals surface area contributed by atoms with Crippen molar-refractivity contribution in [1.82, 2.24) is 9.97 Å². The summed E-state index contributed by atoms with van der Waals surface area (Å²) < 4.78 is 5.56. The monoisotopic (exact) mass is 258 g/mol. The zero-order valence-corrected chi connectivity index (χ0v) is 10.5. The van der Waals surface area contributed by atoms with Crippen molar-refractivity contribution in [2.45, 2.75) is 20.0 Å². The fourth-order valence-electron chi connectivity index (χ4n) is 1.54. The van der Waals surface area contributed by atoms with Gasteiger partial charge in [-0.1, -0.05) is 19.1 Å². The molecule has 5 nitrogen and oxygen atoms in total. The Balaban J connectivity index is 1.99. The molecule has 1 aromatic carbocycles. The fourth-order valence-corrected chi connectivity index (χ4v) is 1.54. The van der Waals surface area contributed by atoms with Crippen LogP contribution in [0.15, 0.2) is 36.7 Å². The molecule has 0 saturated carbocycles. The highest BCUT2D eigenvalue weighted by atomic mass is 16.5. The molecule has 19 heavy (non-hydrogen) atoms. The molecule has 0 spiro atoms. The molecular formula is C14H14N2O3. The van der Waals surface area contributed by atoms with E-state index >= 15 is 0 Å². The van der Waals surface area contributed by atoms with Crippen LogP contribution in [0, 0.1) is 0 Å². The number of carboxylic acids is 1. The number of ether oxygens (including phenoxy) is 1. The minimum atomic E-state index is -1.04. The van der Waals surface area contributed by atoms with Gasteiger partial charge in [0.05, 0.1) is 5.56 Å². The number of carbonyl (C=O) groups is 1. The van der Waals surface area contributed by atoms with Crippen molar-refractivity contribution in [2.24, 2.45) is 0 Å². The summed E-state index contributed by atoms with van der Waals surface area (Å²) in [6, 6.07) is 7.80. The Hall–Kier alpha value is -2.43. The van der Waals surface area contributed by atoms with E-state index in [9.17, 15) is 4.79 Å². The maximum atomic E-state index is 10.7. The summed E-state index contributed by atoms with van der Waals surface area (Å²) in [4.78, 5) is 18.5. The lowest BCUT2D eigenvalue weighted by Crippen LogP contribution is -2.04. The van der Waals surface area contributed by atoms with E-state index in [0.717, 1.165) is 12.2 Å². The molecule has 0 unspecified atom stereocenters. The van der Waals surface area contributed by atoms with Crippen LogP contribution in [0.4, 0.5) is 0 Å². The minimum Gasteiger partial charge on any atom is -0.486 e. The average Bonchev–Trinajstić information content (AvgIpc) is 2.46. The molecular weight excluding hydrogens is 244 g/mol. The first-order chi connectivity index (χ1) is 9.19. The standard InChI is InChI=1S/C14H14N2O3/c1-2-10-4-3-5-12(6-10)19-9-13-15-7-11(8-16-13)14(17)18/h3-8H,2,9H2,1H3,(H,17,18). The zero-order valence-electron chi connectivity index (χ0n) is 10.5. The number of aryl methyl sites for hydroxylation is 1. The summed E-state index contributed by atoms with van der Waals surface area (Å²) in [5, 5.41) is 8.73. The van der Waals surface area contributed by atoms with Gasteiger partial charge >= 0.3 is 5.97 Å². The van der Waals surface area contributed by atoms with Gasteiger partial charge in [0.15, 0.2) is 5.82 Å². The quantitative estimate of drug-likeness (QED) is 0.891. The smallest absolute Gasteiger partial charge is 0.338 e. The second-order valence-corrected chi connectivity index (χ2v) is 3.98. The van der Waals surface area contributed by atoms with Crippen molar-refractivity contribution in [1.29, 1.82) is 0 Å². The summed E-state index contributed by atoms with van der Waals surface area (Å²) in [6.07, 6.45) is 3.49. The third kappa shape index (κ3) is 3.51. The van der Waals surface area contributed by atoms with Gasteiger partial charge < -0.3 is 9.84 Å². The van der Waals surface area contributed by atoms with Crippen LogP contribution < -0.4 is 4.74 Å². The van der Waals surface area contributed by atoms with Gasteiger partial charge in [0, 0.05) is 12.4 Å². The van der Waals surface area contributed by atoms with Gasteiger partial charge in [-0.2, -0.15) is 0 Å². The molecule has 0 aliphatic heterocycles. The van der Waals surface area contributed by atoms with E-state index in [0.29, 0.717) is 5.82 Å². The van der Waals surface area contributed by atoms with Crippen molar-refractivity contribution in [3.63, 3.8) is 0 Å². The Morgan fingerprint density at radius 3 is 2.68 bits per heavy atom. The number of carboxylic acid groups (broad SMARTS) is 1. The van der Waals surface area contributed by atoms with Crippen LogP contribution in [-0.2, 0) is 13.0 Å². The van der Waals surface area contributed by atoms with Crippen LogP contribution in [-0.4, -0.2) is 21.0 Å². The molecule has 5 heteroatoms. The highest BCUT2D eigenvalue weighted by Gasteiger charge is 2.04. The zero-order chi connectivity index (χ0) is 13.7. The van der Waals surface area contributed by atoms with Crippen LogP contribution >= 0.6 is 0 Å². The number of hydrogen-bond acceptors (Lipinski definition) is 4. The van der Waals surface area contributed by atoms with Gasteiger partial charge in [-0.25, -0.2) is 14.8 Å². The first kappa shape index (κ1) is 13.0. The Kier molecular flexibility index (Phi) is 4.07. The van der Waals surface area contributed by atoms with E-state index in [-0.39, 0.29) is 12.2 Å². The fraction of sp³-hybridized carbons (Fsp3) is 0.214. The molecule has 2 rings (SSSR count). The van der Waals surface area contributed by atoms with Gasteiger partial charge in [-0.05, 0) is 24.1 Å². The van der Waals surface area contributed by atoms with Crippen LogP contribution in [0.3, 0.4) is 0 Å². The molecule has 0 aliphatic carbocycles. The molecule has 0 amide bonds. The van der Waals surface area contributed by atoms with Crippen LogP contribution in [0.1, 0.15) is 28.7 Å². The van der Waals surface area contributed by atoms with Crippen molar-refractivity contribution in [3.05, 3.63) is 53.6 Å². The third-order valence-corrected chi connectivity index (χ3v) is 2.63. The van der Waals surface area contributed by atoms with Crippen molar-refractivity contribution in [3.8, 4) is 5.75 Å². The van der Waals surface area contributed by atoms with E-state index in [4.69, 9.17) is 9.84 Å². The second-order valence-electron chi connectivity index (χ2n) is 3.98. The van der Waals surface area contributed by atoms with E-state index in [1.54, 1.807) is 0 Å². The first-order valence-electron chi connectivity index (χ1n) is 5.95. The SMILES string of the molecule is CCc1cccc(OCc2ncc(C(=O)O)cn2)c1. The number of nitrogens with zero attached hydrogens (tertiary/aromatic N) is 2.